The highest BCUT2D eigenvalue weighted by Gasteiger charge is 2.10. The third-order valence-corrected chi connectivity index (χ3v) is 3.38. The van der Waals surface area contributed by atoms with Gasteiger partial charge in [-0.05, 0) is 49.4 Å². The lowest BCUT2D eigenvalue weighted by Gasteiger charge is -2.10. The van der Waals surface area contributed by atoms with Gasteiger partial charge in [0.05, 0.1) is 24.8 Å². The van der Waals surface area contributed by atoms with Crippen molar-refractivity contribution in [3.05, 3.63) is 59.2 Å². The second-order valence-corrected chi connectivity index (χ2v) is 4.99. The van der Waals surface area contributed by atoms with Gasteiger partial charge >= 0.3 is 11.9 Å². The van der Waals surface area contributed by atoms with E-state index in [1.54, 1.807) is 37.3 Å². The summed E-state index contributed by atoms with van der Waals surface area (Å²) in [6.45, 7) is 2.40. The van der Waals surface area contributed by atoms with Gasteiger partial charge in [0.15, 0.2) is 0 Å². The maximum Gasteiger partial charge on any atom is 0.338 e. The van der Waals surface area contributed by atoms with Crippen LogP contribution in [-0.4, -0.2) is 30.8 Å². The van der Waals surface area contributed by atoms with Gasteiger partial charge in [-0.15, -0.1) is 0 Å². The first-order valence-corrected chi connectivity index (χ1v) is 7.46. The molecule has 0 saturated heterocycles. The molecule has 6 heteroatoms. The summed E-state index contributed by atoms with van der Waals surface area (Å²) in [4.78, 5) is 23.1. The Morgan fingerprint density at radius 3 is 2.33 bits per heavy atom. The number of ether oxygens (including phenoxy) is 2. The topological polar surface area (TPSA) is 84.9 Å². The zero-order chi connectivity index (χ0) is 17.5. The average molecular weight is 329 g/mol. The lowest BCUT2D eigenvalue weighted by Crippen LogP contribution is -2.06. The van der Waals surface area contributed by atoms with E-state index in [1.165, 1.54) is 19.2 Å². The second-order valence-electron chi connectivity index (χ2n) is 4.99. The minimum Gasteiger partial charge on any atom is -0.508 e. The maximum absolute atomic E-state index is 11.6. The molecule has 2 aromatic rings. The molecule has 2 rings (SSSR count). The predicted molar refractivity (Wildman–Crippen MR) is 89.2 cm³/mol. The summed E-state index contributed by atoms with van der Waals surface area (Å²) in [7, 11) is 1.30. The minimum absolute atomic E-state index is 0.0818. The highest BCUT2D eigenvalue weighted by atomic mass is 16.5. The van der Waals surface area contributed by atoms with E-state index in [0.717, 1.165) is 5.69 Å². The van der Waals surface area contributed by atoms with E-state index < -0.39 is 5.97 Å². The molecule has 0 unspecified atom stereocenters. The van der Waals surface area contributed by atoms with E-state index in [0.29, 0.717) is 29.8 Å². The van der Waals surface area contributed by atoms with Crippen molar-refractivity contribution in [1.29, 1.82) is 0 Å². The van der Waals surface area contributed by atoms with Gasteiger partial charge in [-0.2, -0.15) is 0 Å². The quantitative estimate of drug-likeness (QED) is 0.793. The minimum atomic E-state index is -0.463. The Hall–Kier alpha value is -3.02. The number of hydrogen-bond acceptors (Lipinski definition) is 6. The Kier molecular flexibility index (Phi) is 5.78. The van der Waals surface area contributed by atoms with Crippen LogP contribution in [0.25, 0.3) is 0 Å². The Morgan fingerprint density at radius 2 is 1.71 bits per heavy atom. The van der Waals surface area contributed by atoms with Gasteiger partial charge in [0.25, 0.3) is 0 Å². The molecule has 0 bridgehead atoms. The largest absolute Gasteiger partial charge is 0.508 e. The van der Waals surface area contributed by atoms with Crippen molar-refractivity contribution in [3.63, 3.8) is 0 Å². The number of methoxy groups -OCH3 is 1. The standard InChI is InChI=1S/C18H19NO5/c1-3-24-18(22)12-4-7-15(8-5-12)19-11-14-10-13(17(21)23-2)6-9-16(14)20/h4-10,19-20H,3,11H2,1-2H3. The summed E-state index contributed by atoms with van der Waals surface area (Å²) in [6, 6.07) is 11.3. The van der Waals surface area contributed by atoms with Crippen LogP contribution in [0, 0.1) is 0 Å². The number of anilines is 1. The molecule has 0 atom stereocenters. The van der Waals surface area contributed by atoms with Gasteiger partial charge in [-0.3, -0.25) is 0 Å². The lowest BCUT2D eigenvalue weighted by atomic mass is 10.1. The normalized spacial score (nSPS) is 10.1. The smallest absolute Gasteiger partial charge is 0.338 e. The number of phenols is 1. The monoisotopic (exact) mass is 329 g/mol. The zero-order valence-electron chi connectivity index (χ0n) is 13.5. The van der Waals surface area contributed by atoms with Crippen molar-refractivity contribution in [2.75, 3.05) is 19.0 Å². The predicted octanol–water partition coefficient (Wildman–Crippen LogP) is 2.97. The summed E-state index contributed by atoms with van der Waals surface area (Å²) in [5.41, 5.74) is 2.17. The highest BCUT2D eigenvalue weighted by Crippen LogP contribution is 2.21. The SMILES string of the molecule is CCOC(=O)c1ccc(NCc2cc(C(=O)OC)ccc2O)cc1. The van der Waals surface area contributed by atoms with Crippen LogP contribution in [0.3, 0.4) is 0 Å². The fourth-order valence-corrected chi connectivity index (χ4v) is 2.11. The molecule has 0 radical (unpaired) electrons. The molecule has 2 N–H and O–H groups in total. The average Bonchev–Trinajstić information content (AvgIpc) is 2.61. The van der Waals surface area contributed by atoms with E-state index in [-0.39, 0.29) is 11.7 Å². The van der Waals surface area contributed by atoms with E-state index in [4.69, 9.17) is 4.74 Å². The summed E-state index contributed by atoms with van der Waals surface area (Å²) in [6.07, 6.45) is 0. The number of nitrogens with one attached hydrogen (secondary N) is 1. The van der Waals surface area contributed by atoms with E-state index >= 15 is 0 Å². The van der Waals surface area contributed by atoms with Gasteiger partial charge in [0, 0.05) is 17.8 Å². The zero-order valence-corrected chi connectivity index (χ0v) is 13.5. The van der Waals surface area contributed by atoms with E-state index in [1.807, 2.05) is 0 Å². The van der Waals surface area contributed by atoms with Crippen LogP contribution in [0.5, 0.6) is 5.75 Å². The van der Waals surface area contributed by atoms with Crippen LogP contribution >= 0.6 is 0 Å². The molecule has 0 aliphatic carbocycles. The molecule has 0 fully saturated rings. The molecule has 6 nitrogen and oxygen atoms in total. The number of carbonyl (C=O) groups is 2. The van der Waals surface area contributed by atoms with Crippen LogP contribution in [0.1, 0.15) is 33.2 Å². The maximum atomic E-state index is 11.6. The first kappa shape index (κ1) is 17.3. The van der Waals surface area contributed by atoms with Crippen molar-refractivity contribution >= 4 is 17.6 Å². The number of benzene rings is 2. The molecule has 0 aliphatic heterocycles. The molecule has 126 valence electrons. The number of phenolic OH excluding ortho intramolecular Hbond substituents is 1. The number of hydrogen-bond donors (Lipinski definition) is 2. The van der Waals surface area contributed by atoms with Gasteiger partial charge in [-0.25, -0.2) is 9.59 Å². The van der Waals surface area contributed by atoms with Crippen molar-refractivity contribution in [2.45, 2.75) is 13.5 Å². The molecule has 0 aliphatic rings. The summed E-state index contributed by atoms with van der Waals surface area (Å²) >= 11 is 0. The second kappa shape index (κ2) is 8.01. The third kappa shape index (κ3) is 4.25. The lowest BCUT2D eigenvalue weighted by molar-refractivity contribution is 0.0525. The number of rotatable bonds is 6. The Balaban J connectivity index is 2.05. The van der Waals surface area contributed by atoms with Crippen LogP contribution in [-0.2, 0) is 16.0 Å². The van der Waals surface area contributed by atoms with Crippen molar-refractivity contribution in [2.24, 2.45) is 0 Å². The number of esters is 2. The van der Waals surface area contributed by atoms with Crippen LogP contribution < -0.4 is 5.32 Å². The molecule has 0 saturated carbocycles. The van der Waals surface area contributed by atoms with Crippen molar-refractivity contribution in [3.8, 4) is 5.75 Å². The third-order valence-electron chi connectivity index (χ3n) is 3.38. The number of aromatic hydroxyl groups is 1. The molecular formula is C18H19NO5. The van der Waals surface area contributed by atoms with Crippen molar-refractivity contribution < 1.29 is 24.2 Å². The van der Waals surface area contributed by atoms with E-state index in [9.17, 15) is 14.7 Å². The van der Waals surface area contributed by atoms with Crippen molar-refractivity contribution in [1.82, 2.24) is 0 Å². The number of carbonyl (C=O) groups excluding carboxylic acids is 2. The van der Waals surface area contributed by atoms with E-state index in [2.05, 4.69) is 10.1 Å². The fourth-order valence-electron chi connectivity index (χ4n) is 2.11. The molecule has 0 amide bonds. The highest BCUT2D eigenvalue weighted by molar-refractivity contribution is 5.90. The molecule has 0 aromatic heterocycles. The van der Waals surface area contributed by atoms with Crippen LogP contribution in [0.2, 0.25) is 0 Å². The molecule has 0 spiro atoms. The van der Waals surface area contributed by atoms with Crippen LogP contribution in [0.15, 0.2) is 42.5 Å². The Labute approximate surface area is 140 Å². The van der Waals surface area contributed by atoms with Gasteiger partial charge in [0.2, 0.25) is 0 Å². The fraction of sp³-hybridized carbons (Fsp3) is 0.222. The molecular weight excluding hydrogens is 310 g/mol. The molecule has 0 heterocycles. The van der Waals surface area contributed by atoms with Gasteiger partial charge in [-0.1, -0.05) is 0 Å². The first-order chi connectivity index (χ1) is 11.5. The molecule has 24 heavy (non-hydrogen) atoms. The molecule has 2 aromatic carbocycles. The summed E-state index contributed by atoms with van der Waals surface area (Å²) < 4.78 is 9.59. The van der Waals surface area contributed by atoms with Gasteiger partial charge in [0.1, 0.15) is 5.75 Å². The summed E-state index contributed by atoms with van der Waals surface area (Å²) in [5, 5.41) is 13.0. The van der Waals surface area contributed by atoms with Gasteiger partial charge < -0.3 is 19.9 Å². The Morgan fingerprint density at radius 1 is 1.04 bits per heavy atom. The summed E-state index contributed by atoms with van der Waals surface area (Å²) in [5.74, 6) is -0.749. The van der Waals surface area contributed by atoms with Crippen LogP contribution in [0.4, 0.5) is 5.69 Å². The first-order valence-electron chi connectivity index (χ1n) is 7.46. The Bertz CT molecular complexity index is 725.